The smallest absolute Gasteiger partial charge is 0.405 e. The molecule has 0 radical (unpaired) electrons. The molecule has 0 saturated heterocycles. The van der Waals surface area contributed by atoms with E-state index in [9.17, 15) is 18.0 Å². The second-order valence-corrected chi connectivity index (χ2v) is 5.51. The van der Waals surface area contributed by atoms with Crippen LogP contribution in [-0.2, 0) is 0 Å². The third-order valence-corrected chi connectivity index (χ3v) is 3.69. The van der Waals surface area contributed by atoms with Crippen LogP contribution in [0.4, 0.5) is 18.9 Å². The maximum absolute atomic E-state index is 12.6. The van der Waals surface area contributed by atoms with Gasteiger partial charge in [-0.25, -0.2) is 0 Å². The number of pyridine rings is 1. The molecule has 136 valence electrons. The number of halogens is 3. The first-order chi connectivity index (χ1) is 12.4. The van der Waals surface area contributed by atoms with Crippen LogP contribution in [0.5, 0.6) is 5.75 Å². The lowest BCUT2D eigenvalue weighted by Crippen LogP contribution is -2.18. The maximum atomic E-state index is 12.6. The highest BCUT2D eigenvalue weighted by Gasteiger charge is 2.32. The van der Waals surface area contributed by atoms with Crippen molar-refractivity contribution < 1.29 is 23.0 Å². The highest BCUT2D eigenvalue weighted by molar-refractivity contribution is 5.88. The minimum absolute atomic E-state index is 0.0523. The zero-order valence-electron chi connectivity index (χ0n) is 13.4. The fraction of sp³-hybridized carbons (Fsp3) is 0.167. The molecule has 0 aliphatic rings. The molecule has 3 rings (SSSR count). The van der Waals surface area contributed by atoms with Crippen molar-refractivity contribution in [3.63, 3.8) is 0 Å². The summed E-state index contributed by atoms with van der Waals surface area (Å²) in [4.78, 5) is 15.0. The quantitative estimate of drug-likeness (QED) is 0.648. The van der Waals surface area contributed by atoms with Crippen LogP contribution in [0.25, 0.3) is 22.0 Å². The zero-order chi connectivity index (χ0) is 18.7. The number of rotatable bonds is 5. The Bertz CT molecular complexity index is 983. The molecule has 5 nitrogen and oxygen atoms in total. The average molecular weight is 364 g/mol. The number of aromatic nitrogens is 1. The summed E-state index contributed by atoms with van der Waals surface area (Å²) < 4.78 is 41.8. The standard InChI is InChI=1S/C18H15F3N2O3/c19-18(20,21)26-16-4-2-1-3-13(16)15-9-11-5-6-12(22-7-8-24)10-14(11)17(25)23-15/h1-6,9-10,22,24H,7-8H2,(H,23,25). The number of aromatic amines is 1. The van der Waals surface area contributed by atoms with Gasteiger partial charge in [-0.05, 0) is 35.7 Å². The van der Waals surface area contributed by atoms with Crippen LogP contribution < -0.4 is 15.6 Å². The van der Waals surface area contributed by atoms with Gasteiger partial charge in [0.25, 0.3) is 5.56 Å². The molecule has 0 fully saturated rings. The highest BCUT2D eigenvalue weighted by atomic mass is 19.4. The SMILES string of the molecule is O=c1[nH]c(-c2ccccc2OC(F)(F)F)cc2ccc(NCCO)cc12. The van der Waals surface area contributed by atoms with E-state index in [2.05, 4.69) is 15.0 Å². The predicted octanol–water partition coefficient (Wildman–Crippen LogP) is 3.50. The topological polar surface area (TPSA) is 74.4 Å². The molecule has 1 heterocycles. The van der Waals surface area contributed by atoms with Gasteiger partial charge in [-0.2, -0.15) is 0 Å². The van der Waals surface area contributed by atoms with Crippen molar-refractivity contribution in [2.24, 2.45) is 0 Å². The highest BCUT2D eigenvalue weighted by Crippen LogP contribution is 2.33. The summed E-state index contributed by atoms with van der Waals surface area (Å²) in [6.07, 6.45) is -4.83. The van der Waals surface area contributed by atoms with E-state index in [0.717, 1.165) is 0 Å². The molecule has 1 aromatic heterocycles. The fourth-order valence-electron chi connectivity index (χ4n) is 2.62. The van der Waals surface area contributed by atoms with Crippen LogP contribution in [-0.4, -0.2) is 29.6 Å². The normalized spacial score (nSPS) is 11.5. The monoisotopic (exact) mass is 364 g/mol. The molecule has 0 atom stereocenters. The number of aliphatic hydroxyl groups excluding tert-OH is 1. The molecule has 0 spiro atoms. The summed E-state index contributed by atoms with van der Waals surface area (Å²) in [5, 5.41) is 12.7. The number of anilines is 1. The molecule has 0 aliphatic carbocycles. The second kappa shape index (κ2) is 7.09. The summed E-state index contributed by atoms with van der Waals surface area (Å²) in [7, 11) is 0. The Hall–Kier alpha value is -3.00. The molecule has 26 heavy (non-hydrogen) atoms. The number of fused-ring (bicyclic) bond motifs is 1. The maximum Gasteiger partial charge on any atom is 0.573 e. The van der Waals surface area contributed by atoms with Crippen LogP contribution in [0.1, 0.15) is 0 Å². The molecule has 2 aromatic carbocycles. The number of aliphatic hydroxyl groups is 1. The van der Waals surface area contributed by atoms with Gasteiger partial charge >= 0.3 is 6.36 Å². The van der Waals surface area contributed by atoms with Gasteiger partial charge in [0.15, 0.2) is 0 Å². The molecular weight excluding hydrogens is 349 g/mol. The summed E-state index contributed by atoms with van der Waals surface area (Å²) in [6, 6.07) is 12.2. The number of alkyl halides is 3. The summed E-state index contributed by atoms with van der Waals surface area (Å²) in [5.41, 5.74) is 0.572. The van der Waals surface area contributed by atoms with Gasteiger partial charge in [0, 0.05) is 23.2 Å². The Labute approximate surface area is 146 Å². The number of H-pyrrole nitrogens is 1. The average Bonchev–Trinajstić information content (AvgIpc) is 2.59. The largest absolute Gasteiger partial charge is 0.573 e. The van der Waals surface area contributed by atoms with Crippen molar-refractivity contribution in [3.05, 3.63) is 58.9 Å². The second-order valence-electron chi connectivity index (χ2n) is 5.51. The van der Waals surface area contributed by atoms with Crippen molar-refractivity contribution in [1.29, 1.82) is 0 Å². The number of ether oxygens (including phenoxy) is 1. The van der Waals surface area contributed by atoms with Gasteiger partial charge in [-0.3, -0.25) is 4.79 Å². The summed E-state index contributed by atoms with van der Waals surface area (Å²) >= 11 is 0. The van der Waals surface area contributed by atoms with Gasteiger partial charge in [0.05, 0.1) is 12.3 Å². The van der Waals surface area contributed by atoms with Gasteiger partial charge in [0.1, 0.15) is 5.75 Å². The summed E-state index contributed by atoms with van der Waals surface area (Å²) in [5.74, 6) is -0.392. The fourth-order valence-corrected chi connectivity index (χ4v) is 2.62. The van der Waals surface area contributed by atoms with Crippen LogP contribution in [0.15, 0.2) is 53.3 Å². The summed E-state index contributed by atoms with van der Waals surface area (Å²) in [6.45, 7) is 0.285. The zero-order valence-corrected chi connectivity index (χ0v) is 13.4. The van der Waals surface area contributed by atoms with E-state index in [4.69, 9.17) is 5.11 Å². The van der Waals surface area contributed by atoms with E-state index < -0.39 is 17.7 Å². The molecule has 0 saturated carbocycles. The van der Waals surface area contributed by atoms with E-state index in [1.165, 1.54) is 18.2 Å². The van der Waals surface area contributed by atoms with Crippen molar-refractivity contribution in [3.8, 4) is 17.0 Å². The van der Waals surface area contributed by atoms with E-state index in [0.29, 0.717) is 23.0 Å². The minimum Gasteiger partial charge on any atom is -0.405 e. The third-order valence-electron chi connectivity index (χ3n) is 3.69. The van der Waals surface area contributed by atoms with Gasteiger partial charge < -0.3 is 20.1 Å². The van der Waals surface area contributed by atoms with E-state index >= 15 is 0 Å². The van der Waals surface area contributed by atoms with Crippen molar-refractivity contribution in [1.82, 2.24) is 4.98 Å². The Morgan fingerprint density at radius 1 is 1.12 bits per heavy atom. The van der Waals surface area contributed by atoms with Crippen molar-refractivity contribution >= 4 is 16.5 Å². The van der Waals surface area contributed by atoms with Gasteiger partial charge in [-0.1, -0.05) is 18.2 Å². The first-order valence-corrected chi connectivity index (χ1v) is 7.74. The molecule has 0 bridgehead atoms. The molecule has 0 amide bonds. The van der Waals surface area contributed by atoms with E-state index in [-0.39, 0.29) is 17.9 Å². The van der Waals surface area contributed by atoms with Gasteiger partial charge in [0.2, 0.25) is 0 Å². The molecule has 3 aromatic rings. The number of nitrogens with one attached hydrogen (secondary N) is 2. The molecular formula is C18H15F3N2O3. The lowest BCUT2D eigenvalue weighted by atomic mass is 10.1. The van der Waals surface area contributed by atoms with E-state index in [1.807, 2.05) is 0 Å². The first kappa shape index (κ1) is 17.8. The van der Waals surface area contributed by atoms with Crippen molar-refractivity contribution in [2.75, 3.05) is 18.5 Å². The van der Waals surface area contributed by atoms with Gasteiger partial charge in [-0.15, -0.1) is 13.2 Å². The molecule has 3 N–H and O–H groups in total. The van der Waals surface area contributed by atoms with Crippen LogP contribution >= 0.6 is 0 Å². The Morgan fingerprint density at radius 3 is 2.62 bits per heavy atom. The molecule has 8 heteroatoms. The third kappa shape index (κ3) is 3.97. The lowest BCUT2D eigenvalue weighted by molar-refractivity contribution is -0.274. The Morgan fingerprint density at radius 2 is 1.88 bits per heavy atom. The van der Waals surface area contributed by atoms with Crippen LogP contribution in [0.2, 0.25) is 0 Å². The minimum atomic E-state index is -4.83. The number of benzene rings is 2. The number of hydrogen-bond acceptors (Lipinski definition) is 4. The number of para-hydroxylation sites is 1. The van der Waals surface area contributed by atoms with Crippen molar-refractivity contribution in [2.45, 2.75) is 6.36 Å². The number of hydrogen-bond donors (Lipinski definition) is 3. The Kier molecular flexibility index (Phi) is 4.85. The predicted molar refractivity (Wildman–Crippen MR) is 92.3 cm³/mol. The van der Waals surface area contributed by atoms with Crippen LogP contribution in [0.3, 0.4) is 0 Å². The van der Waals surface area contributed by atoms with Crippen LogP contribution in [0, 0.1) is 0 Å². The Balaban J connectivity index is 2.06. The first-order valence-electron chi connectivity index (χ1n) is 7.74. The lowest BCUT2D eigenvalue weighted by Gasteiger charge is -2.13. The van der Waals surface area contributed by atoms with E-state index in [1.54, 1.807) is 30.3 Å². The molecule has 0 aliphatic heterocycles. The molecule has 0 unspecified atom stereocenters.